The summed E-state index contributed by atoms with van der Waals surface area (Å²) in [7, 11) is 0. The molecule has 0 aromatic heterocycles. The molecule has 0 spiro atoms. The van der Waals surface area contributed by atoms with E-state index in [0.29, 0.717) is 6.42 Å². The second-order valence-corrected chi connectivity index (χ2v) is 11.6. The molecule has 0 aromatic carbocycles. The number of allylic oxidation sites excluding steroid dienone is 5. The van der Waals surface area contributed by atoms with Crippen LogP contribution >= 0.6 is 0 Å². The van der Waals surface area contributed by atoms with Gasteiger partial charge in [-0.1, -0.05) is 153 Å². The van der Waals surface area contributed by atoms with E-state index in [1.807, 2.05) is 12.2 Å². The average Bonchev–Trinajstić information content (AvgIpc) is 2.96. The van der Waals surface area contributed by atoms with Crippen molar-refractivity contribution < 1.29 is 15.0 Å². The molecule has 0 aliphatic rings. The maximum atomic E-state index is 12.3. The fraction of sp³-hybridized carbons (Fsp3) is 0.806. The second kappa shape index (κ2) is 32.1. The maximum absolute atomic E-state index is 12.3. The van der Waals surface area contributed by atoms with E-state index in [1.165, 1.54) is 128 Å². The van der Waals surface area contributed by atoms with Gasteiger partial charge in [0.25, 0.3) is 0 Å². The zero-order chi connectivity index (χ0) is 29.4. The minimum Gasteiger partial charge on any atom is -0.394 e. The molecule has 3 N–H and O–H groups in total. The minimum atomic E-state index is -0.887. The standard InChI is InChI=1S/C36H67NO3/c1-3-5-7-9-11-13-15-16-17-18-19-20-22-24-26-28-30-32-36(40)37-34(33-38)35(39)31-29-27-25-23-21-14-12-10-8-6-4-2/h16-17,25,27,29,31,34-35,38-39H,3-15,18-24,26,28,30,32-33H2,1-2H3,(H,37,40)/b17-16+,27-25+,31-29+/t34-,35+/m0/s1. The predicted octanol–water partition coefficient (Wildman–Crippen LogP) is 9.90. The first-order valence-corrected chi connectivity index (χ1v) is 17.2. The van der Waals surface area contributed by atoms with Crippen molar-refractivity contribution in [3.63, 3.8) is 0 Å². The number of amides is 1. The van der Waals surface area contributed by atoms with Crippen LogP contribution in [0, 0.1) is 0 Å². The summed E-state index contributed by atoms with van der Waals surface area (Å²) in [6, 6.07) is -0.653. The summed E-state index contributed by atoms with van der Waals surface area (Å²) in [6.07, 6.45) is 40.9. The zero-order valence-electron chi connectivity index (χ0n) is 26.6. The summed E-state index contributed by atoms with van der Waals surface area (Å²) in [4.78, 5) is 12.3. The third-order valence-electron chi connectivity index (χ3n) is 7.65. The SMILES string of the molecule is CCCCCCCC/C=C/CCCCCCCCCC(=O)N[C@@H](CO)[C@H](O)/C=C/C=C/CCCCCCCCC. The normalized spacial score (nSPS) is 13.6. The van der Waals surface area contributed by atoms with Crippen LogP contribution in [0.25, 0.3) is 0 Å². The number of hydrogen-bond acceptors (Lipinski definition) is 3. The van der Waals surface area contributed by atoms with Gasteiger partial charge in [0.05, 0.1) is 18.8 Å². The van der Waals surface area contributed by atoms with Gasteiger partial charge in [-0.05, 0) is 44.9 Å². The van der Waals surface area contributed by atoms with Crippen molar-refractivity contribution in [2.45, 2.75) is 180 Å². The molecule has 0 saturated heterocycles. The van der Waals surface area contributed by atoms with Crippen LogP contribution in [0.4, 0.5) is 0 Å². The lowest BCUT2D eigenvalue weighted by Crippen LogP contribution is -2.45. The molecule has 0 unspecified atom stereocenters. The van der Waals surface area contributed by atoms with Gasteiger partial charge in [-0.25, -0.2) is 0 Å². The Hall–Kier alpha value is -1.39. The van der Waals surface area contributed by atoms with E-state index in [2.05, 4.69) is 37.4 Å². The Kier molecular flexibility index (Phi) is 31.0. The van der Waals surface area contributed by atoms with Crippen molar-refractivity contribution in [1.29, 1.82) is 0 Å². The van der Waals surface area contributed by atoms with Crippen molar-refractivity contribution in [2.75, 3.05) is 6.61 Å². The molecule has 0 bridgehead atoms. The van der Waals surface area contributed by atoms with Gasteiger partial charge < -0.3 is 15.5 Å². The van der Waals surface area contributed by atoms with Crippen LogP contribution in [0.2, 0.25) is 0 Å². The highest BCUT2D eigenvalue weighted by Gasteiger charge is 2.17. The highest BCUT2D eigenvalue weighted by Crippen LogP contribution is 2.12. The number of rotatable bonds is 30. The largest absolute Gasteiger partial charge is 0.394 e. The lowest BCUT2D eigenvalue weighted by molar-refractivity contribution is -0.123. The molecule has 4 nitrogen and oxygen atoms in total. The van der Waals surface area contributed by atoms with E-state index >= 15 is 0 Å². The Balaban J connectivity index is 3.68. The van der Waals surface area contributed by atoms with Gasteiger partial charge in [0.1, 0.15) is 0 Å². The molecule has 234 valence electrons. The summed E-state index contributed by atoms with van der Waals surface area (Å²) in [6.45, 7) is 4.24. The molecular weight excluding hydrogens is 494 g/mol. The lowest BCUT2D eigenvalue weighted by Gasteiger charge is -2.19. The van der Waals surface area contributed by atoms with Gasteiger partial charge in [-0.3, -0.25) is 4.79 Å². The van der Waals surface area contributed by atoms with Crippen LogP contribution in [0.5, 0.6) is 0 Å². The molecule has 0 aromatic rings. The van der Waals surface area contributed by atoms with Gasteiger partial charge in [0.2, 0.25) is 5.91 Å². The topological polar surface area (TPSA) is 69.6 Å². The Labute approximate surface area is 249 Å². The summed E-state index contributed by atoms with van der Waals surface area (Å²) < 4.78 is 0. The van der Waals surface area contributed by atoms with E-state index in [9.17, 15) is 15.0 Å². The van der Waals surface area contributed by atoms with Gasteiger partial charge in [-0.15, -0.1) is 0 Å². The Morgan fingerprint density at radius 2 is 1.02 bits per heavy atom. The Morgan fingerprint density at radius 1 is 0.600 bits per heavy atom. The van der Waals surface area contributed by atoms with Crippen LogP contribution in [-0.2, 0) is 4.79 Å². The second-order valence-electron chi connectivity index (χ2n) is 11.6. The van der Waals surface area contributed by atoms with E-state index in [0.717, 1.165) is 19.3 Å². The molecule has 2 atom stereocenters. The molecule has 1 amide bonds. The average molecular weight is 562 g/mol. The van der Waals surface area contributed by atoms with Gasteiger partial charge >= 0.3 is 0 Å². The molecule has 4 heteroatoms. The zero-order valence-corrected chi connectivity index (χ0v) is 26.6. The fourth-order valence-electron chi connectivity index (χ4n) is 4.93. The van der Waals surface area contributed by atoms with Crippen molar-refractivity contribution in [3.05, 3.63) is 36.5 Å². The van der Waals surface area contributed by atoms with Gasteiger partial charge in [-0.2, -0.15) is 0 Å². The molecule has 0 saturated carbocycles. The van der Waals surface area contributed by atoms with Crippen LogP contribution < -0.4 is 5.32 Å². The monoisotopic (exact) mass is 562 g/mol. The summed E-state index contributed by atoms with van der Waals surface area (Å²) >= 11 is 0. The number of aliphatic hydroxyl groups excluding tert-OH is 2. The molecule has 0 fully saturated rings. The lowest BCUT2D eigenvalue weighted by atomic mass is 10.1. The third-order valence-corrected chi connectivity index (χ3v) is 7.65. The van der Waals surface area contributed by atoms with Crippen molar-refractivity contribution in [1.82, 2.24) is 5.32 Å². The smallest absolute Gasteiger partial charge is 0.220 e. The number of unbranched alkanes of at least 4 members (excludes halogenated alkanes) is 20. The first-order valence-electron chi connectivity index (χ1n) is 17.2. The molecule has 0 rings (SSSR count). The third kappa shape index (κ3) is 28.1. The summed E-state index contributed by atoms with van der Waals surface area (Å²) in [5.41, 5.74) is 0. The van der Waals surface area contributed by atoms with E-state index in [-0.39, 0.29) is 12.5 Å². The van der Waals surface area contributed by atoms with Crippen LogP contribution in [0.3, 0.4) is 0 Å². The molecule has 0 radical (unpaired) electrons. The molecule has 40 heavy (non-hydrogen) atoms. The van der Waals surface area contributed by atoms with Crippen LogP contribution in [-0.4, -0.2) is 34.9 Å². The first kappa shape index (κ1) is 38.6. The number of hydrogen-bond donors (Lipinski definition) is 3. The van der Waals surface area contributed by atoms with E-state index in [1.54, 1.807) is 6.08 Å². The summed E-state index contributed by atoms with van der Waals surface area (Å²) in [5, 5.41) is 22.7. The fourth-order valence-corrected chi connectivity index (χ4v) is 4.93. The quantitative estimate of drug-likeness (QED) is 0.0464. The Morgan fingerprint density at radius 3 is 1.50 bits per heavy atom. The minimum absolute atomic E-state index is 0.0891. The van der Waals surface area contributed by atoms with Crippen LogP contribution in [0.1, 0.15) is 168 Å². The molecule has 0 aliphatic carbocycles. The maximum Gasteiger partial charge on any atom is 0.220 e. The molecular formula is C36H67NO3. The van der Waals surface area contributed by atoms with Gasteiger partial charge in [0.15, 0.2) is 0 Å². The van der Waals surface area contributed by atoms with E-state index < -0.39 is 12.1 Å². The number of nitrogens with one attached hydrogen (secondary N) is 1. The highest BCUT2D eigenvalue weighted by molar-refractivity contribution is 5.76. The van der Waals surface area contributed by atoms with Crippen molar-refractivity contribution in [2.24, 2.45) is 0 Å². The van der Waals surface area contributed by atoms with Crippen molar-refractivity contribution in [3.8, 4) is 0 Å². The predicted molar refractivity (Wildman–Crippen MR) is 175 cm³/mol. The number of aliphatic hydroxyl groups is 2. The number of carbonyl (C=O) groups excluding carboxylic acids is 1. The highest BCUT2D eigenvalue weighted by atomic mass is 16.3. The number of carbonyl (C=O) groups is 1. The molecule has 0 aliphatic heterocycles. The van der Waals surface area contributed by atoms with Gasteiger partial charge in [0, 0.05) is 6.42 Å². The van der Waals surface area contributed by atoms with Crippen molar-refractivity contribution >= 4 is 5.91 Å². The molecule has 0 heterocycles. The Bertz CT molecular complexity index is 613. The van der Waals surface area contributed by atoms with Crippen LogP contribution in [0.15, 0.2) is 36.5 Å². The summed E-state index contributed by atoms with van der Waals surface area (Å²) in [5.74, 6) is -0.0891. The van der Waals surface area contributed by atoms with E-state index in [4.69, 9.17) is 0 Å². The first-order chi connectivity index (χ1) is 19.7.